The molecule has 1 spiro atoms. The quantitative estimate of drug-likeness (QED) is 0.0630. The first-order chi connectivity index (χ1) is 27.3. The number of rotatable bonds is 16. The molecule has 306 valence electrons. The van der Waals surface area contributed by atoms with Crippen LogP contribution in [0.4, 0.5) is 0 Å². The van der Waals surface area contributed by atoms with Crippen LogP contribution in [0.5, 0.6) is 11.5 Å². The third-order valence-corrected chi connectivity index (χ3v) is 16.7. The van der Waals surface area contributed by atoms with Crippen LogP contribution in [0.15, 0.2) is 115 Å². The van der Waals surface area contributed by atoms with Gasteiger partial charge in [-0.25, -0.2) is 0 Å². The minimum Gasteiger partial charge on any atom is -0.497 e. The monoisotopic (exact) mass is 794 g/mol. The first kappa shape index (κ1) is 42.8. The number of carbonyl (C=O) groups is 1. The summed E-state index contributed by atoms with van der Waals surface area (Å²) in [5.74, 6) is 0.0157. The van der Waals surface area contributed by atoms with E-state index < -0.39 is 25.8 Å². The van der Waals surface area contributed by atoms with E-state index in [9.17, 15) is 4.79 Å². The Kier molecular flexibility index (Phi) is 13.8. The minimum atomic E-state index is -2.21. The molecular weight excluding hydrogens is 733 g/mol. The third-order valence-electron chi connectivity index (χ3n) is 12.2. The smallest absolute Gasteiger partial charge is 0.192 e. The third kappa shape index (κ3) is 10.1. The second-order valence-electron chi connectivity index (χ2n) is 17.3. The maximum atomic E-state index is 12.2. The van der Waals surface area contributed by atoms with Crippen molar-refractivity contribution in [1.29, 1.82) is 0 Å². The molecule has 7 atom stereocenters. The molecule has 0 aliphatic carbocycles. The van der Waals surface area contributed by atoms with Crippen LogP contribution in [0.1, 0.15) is 76.5 Å². The molecule has 0 radical (unpaired) electrons. The van der Waals surface area contributed by atoms with Crippen molar-refractivity contribution in [3.05, 3.63) is 132 Å². The zero-order valence-electron chi connectivity index (χ0n) is 35.0. The van der Waals surface area contributed by atoms with Gasteiger partial charge >= 0.3 is 0 Å². The van der Waals surface area contributed by atoms with Crippen molar-refractivity contribution in [2.75, 3.05) is 20.8 Å². The molecule has 0 N–H and O–H groups in total. The Labute approximate surface area is 341 Å². The molecule has 4 aromatic carbocycles. The van der Waals surface area contributed by atoms with E-state index >= 15 is 0 Å². The van der Waals surface area contributed by atoms with E-state index in [1.807, 2.05) is 49.4 Å². The van der Waals surface area contributed by atoms with Crippen LogP contribution in [0, 0.1) is 5.92 Å². The van der Waals surface area contributed by atoms with Gasteiger partial charge in [0.25, 0.3) is 0 Å². The van der Waals surface area contributed by atoms with Gasteiger partial charge in [-0.15, -0.1) is 0 Å². The van der Waals surface area contributed by atoms with Crippen LogP contribution in [-0.2, 0) is 33.8 Å². The van der Waals surface area contributed by atoms with E-state index in [2.05, 4.69) is 107 Å². The standard InChI is InChI=1S/C48H62O8Si/c1-35(33-49)45(53-40-26-24-39(50-5)25-27-40)30-41-28-42(51-6)31-47(54-41)32-43(56-57(7,8)46(2,3)4)29-44(55-47)34-52-48(36-18-12-9-13-19-36,37-20-14-10-15-21-37)38-22-16-11-17-23-38/h9-27,33,35,41-45H,28-32,34H2,1-8H3/t35-,41-,42-,43-,44+,45-,47+/m0/s1. The number of benzene rings is 4. The molecule has 2 saturated heterocycles. The summed E-state index contributed by atoms with van der Waals surface area (Å²) in [7, 11) is 1.17. The van der Waals surface area contributed by atoms with E-state index in [0.29, 0.717) is 37.9 Å². The summed E-state index contributed by atoms with van der Waals surface area (Å²) >= 11 is 0. The van der Waals surface area contributed by atoms with Crippen molar-refractivity contribution in [1.82, 2.24) is 0 Å². The van der Waals surface area contributed by atoms with Gasteiger partial charge in [0.2, 0.25) is 0 Å². The summed E-state index contributed by atoms with van der Waals surface area (Å²) in [4.78, 5) is 12.2. The highest BCUT2D eigenvalue weighted by Gasteiger charge is 2.52. The van der Waals surface area contributed by atoms with E-state index in [-0.39, 0.29) is 42.0 Å². The van der Waals surface area contributed by atoms with Crippen molar-refractivity contribution in [3.8, 4) is 11.5 Å². The second-order valence-corrected chi connectivity index (χ2v) is 22.0. The maximum absolute atomic E-state index is 12.2. The lowest BCUT2D eigenvalue weighted by Gasteiger charge is -2.52. The molecule has 2 aliphatic heterocycles. The second kappa shape index (κ2) is 18.4. The zero-order valence-corrected chi connectivity index (χ0v) is 36.0. The topological polar surface area (TPSA) is 81.7 Å². The average molecular weight is 795 g/mol. The van der Waals surface area contributed by atoms with Crippen molar-refractivity contribution >= 4 is 14.6 Å². The molecule has 0 unspecified atom stereocenters. The highest BCUT2D eigenvalue weighted by atomic mass is 28.4. The summed E-state index contributed by atoms with van der Waals surface area (Å²) in [6.07, 6.45) is 2.45. The predicted octanol–water partition coefficient (Wildman–Crippen LogP) is 10.1. The molecule has 2 fully saturated rings. The highest BCUT2D eigenvalue weighted by Crippen LogP contribution is 2.47. The van der Waals surface area contributed by atoms with Gasteiger partial charge in [0.1, 0.15) is 29.5 Å². The maximum Gasteiger partial charge on any atom is 0.192 e. The molecule has 9 heteroatoms. The average Bonchev–Trinajstić information content (AvgIpc) is 3.21. The molecule has 4 aromatic rings. The Hall–Kier alpha value is -3.83. The van der Waals surface area contributed by atoms with Crippen molar-refractivity contribution in [3.63, 3.8) is 0 Å². The summed E-state index contributed by atoms with van der Waals surface area (Å²) < 4.78 is 46.9. The van der Waals surface area contributed by atoms with Crippen molar-refractivity contribution in [2.45, 2.75) is 120 Å². The molecule has 0 amide bonds. The van der Waals surface area contributed by atoms with Gasteiger partial charge in [-0.05, 0) is 59.1 Å². The van der Waals surface area contributed by atoms with Gasteiger partial charge < -0.3 is 37.6 Å². The summed E-state index contributed by atoms with van der Waals surface area (Å²) in [6.45, 7) is 13.6. The lowest BCUT2D eigenvalue weighted by atomic mass is 9.80. The molecule has 6 rings (SSSR count). The lowest BCUT2D eigenvalue weighted by molar-refractivity contribution is -0.345. The summed E-state index contributed by atoms with van der Waals surface area (Å²) in [5.41, 5.74) is 2.18. The first-order valence-electron chi connectivity index (χ1n) is 20.4. The molecular formula is C48H62O8Si. The molecule has 8 nitrogen and oxygen atoms in total. The molecule has 2 heterocycles. The van der Waals surface area contributed by atoms with Crippen LogP contribution >= 0.6 is 0 Å². The van der Waals surface area contributed by atoms with Crippen molar-refractivity contribution < 1.29 is 37.6 Å². The van der Waals surface area contributed by atoms with Crippen molar-refractivity contribution in [2.24, 2.45) is 5.92 Å². The minimum absolute atomic E-state index is 0.00948. The van der Waals surface area contributed by atoms with Gasteiger partial charge in [-0.2, -0.15) is 0 Å². The Morgan fingerprint density at radius 1 is 0.737 bits per heavy atom. The number of hydrogen-bond acceptors (Lipinski definition) is 8. The number of methoxy groups -OCH3 is 2. The fraction of sp³-hybridized carbons (Fsp3) is 0.479. The SMILES string of the molecule is COc1ccc(O[C@@H](C[C@@H]2C[C@H](OC)C[C@@]3(C[C@@H](O[Si](C)(C)C(C)(C)C)C[C@H](COC(c4ccccc4)(c4ccccc4)c4ccccc4)O3)O2)[C@@H](C)C=O)cc1. The summed E-state index contributed by atoms with van der Waals surface area (Å²) in [5, 5.41) is 0.00948. The van der Waals surface area contributed by atoms with Gasteiger partial charge in [0.15, 0.2) is 14.1 Å². The normalized spacial score (nSPS) is 24.1. The summed E-state index contributed by atoms with van der Waals surface area (Å²) in [6, 6.07) is 38.7. The lowest BCUT2D eigenvalue weighted by Crippen LogP contribution is -2.58. The highest BCUT2D eigenvalue weighted by molar-refractivity contribution is 6.74. The fourth-order valence-electron chi connectivity index (χ4n) is 8.10. The Balaban J connectivity index is 1.34. The van der Waals surface area contributed by atoms with Crippen LogP contribution in [0.25, 0.3) is 0 Å². The van der Waals surface area contributed by atoms with Crippen LogP contribution in [-0.4, -0.2) is 71.7 Å². The largest absolute Gasteiger partial charge is 0.497 e. The van der Waals surface area contributed by atoms with Crippen LogP contribution < -0.4 is 9.47 Å². The van der Waals surface area contributed by atoms with E-state index in [1.165, 1.54) is 0 Å². The predicted molar refractivity (Wildman–Crippen MR) is 226 cm³/mol. The van der Waals surface area contributed by atoms with E-state index in [0.717, 1.165) is 28.7 Å². The molecule has 0 bridgehead atoms. The van der Waals surface area contributed by atoms with E-state index in [4.69, 9.17) is 32.8 Å². The van der Waals surface area contributed by atoms with Gasteiger partial charge in [0, 0.05) is 45.1 Å². The Bertz CT molecular complexity index is 1730. The van der Waals surface area contributed by atoms with Crippen LogP contribution in [0.3, 0.4) is 0 Å². The number of aldehydes is 1. The van der Waals surface area contributed by atoms with Gasteiger partial charge in [0.05, 0.1) is 38.1 Å². The molecule has 57 heavy (non-hydrogen) atoms. The Morgan fingerprint density at radius 3 is 1.72 bits per heavy atom. The molecule has 0 aromatic heterocycles. The van der Waals surface area contributed by atoms with Gasteiger partial charge in [-0.3, -0.25) is 0 Å². The van der Waals surface area contributed by atoms with Crippen LogP contribution in [0.2, 0.25) is 18.1 Å². The Morgan fingerprint density at radius 2 is 1.23 bits per heavy atom. The molecule has 2 aliphatic rings. The number of hydrogen-bond donors (Lipinski definition) is 0. The number of carbonyl (C=O) groups excluding carboxylic acids is 1. The van der Waals surface area contributed by atoms with E-state index in [1.54, 1.807) is 14.2 Å². The first-order valence-corrected chi connectivity index (χ1v) is 23.3. The zero-order chi connectivity index (χ0) is 40.7. The molecule has 0 saturated carbocycles. The van der Waals surface area contributed by atoms with Gasteiger partial charge in [-0.1, -0.05) is 119 Å². The fourth-order valence-corrected chi connectivity index (χ4v) is 9.46. The number of ether oxygens (including phenoxy) is 6.